The molecule has 0 unspecified atom stereocenters. The van der Waals surface area contributed by atoms with Crippen LogP contribution in [-0.2, 0) is 0 Å². The molecule has 1 rings (SSSR count). The fraction of sp³-hybridized carbons (Fsp3) is 0.429. The summed E-state index contributed by atoms with van der Waals surface area (Å²) in [6.07, 6.45) is -4.08. The fourth-order valence-corrected chi connectivity index (χ4v) is 1.29. The van der Waals surface area contributed by atoms with Gasteiger partial charge in [-0.25, -0.2) is 0 Å². The standard InChI is InChI=1S/C8H8.C6H15NO5/c1-2-8-6-4-3-5-7-8;7-1-3(9)5(11)6(12)4(10)2-8/h2-7H,1H2;3-6,8-12H,1-2,7H2/t;3-,4+,5+,6+/m.0/s1. The number of aliphatic hydroxyl groups excluding tert-OH is 5. The van der Waals surface area contributed by atoms with Gasteiger partial charge in [0.05, 0.1) is 12.7 Å². The molecule has 1 aromatic rings. The van der Waals surface area contributed by atoms with Crippen LogP contribution in [0.15, 0.2) is 36.9 Å². The molecule has 0 aliphatic heterocycles. The van der Waals surface area contributed by atoms with Crippen LogP contribution in [0.25, 0.3) is 6.08 Å². The van der Waals surface area contributed by atoms with Gasteiger partial charge in [0.15, 0.2) is 0 Å². The molecule has 0 radical (unpaired) electrons. The molecular formula is C14H23NO5. The second-order valence-electron chi connectivity index (χ2n) is 4.15. The summed E-state index contributed by atoms with van der Waals surface area (Å²) in [7, 11) is 0. The third-order valence-corrected chi connectivity index (χ3v) is 2.60. The Morgan fingerprint density at radius 1 is 1.00 bits per heavy atom. The molecule has 0 aromatic heterocycles. The third kappa shape index (κ3) is 6.76. The fourth-order valence-electron chi connectivity index (χ4n) is 1.29. The predicted octanol–water partition coefficient (Wildman–Crippen LogP) is -1.29. The van der Waals surface area contributed by atoms with E-state index in [2.05, 4.69) is 6.58 Å². The van der Waals surface area contributed by atoms with Crippen LogP contribution in [0.3, 0.4) is 0 Å². The summed E-state index contributed by atoms with van der Waals surface area (Å²) < 4.78 is 0. The van der Waals surface area contributed by atoms with Crippen LogP contribution in [-0.4, -0.2) is 63.1 Å². The number of hydrogen-bond donors (Lipinski definition) is 6. The van der Waals surface area contributed by atoms with Gasteiger partial charge in [-0.15, -0.1) is 0 Å². The molecule has 114 valence electrons. The molecule has 0 fully saturated rings. The Morgan fingerprint density at radius 3 is 1.85 bits per heavy atom. The smallest absolute Gasteiger partial charge is 0.111 e. The van der Waals surface area contributed by atoms with E-state index in [4.69, 9.17) is 31.3 Å². The Balaban J connectivity index is 0.000000388. The summed E-state index contributed by atoms with van der Waals surface area (Å²) in [5.74, 6) is 0. The van der Waals surface area contributed by atoms with Crippen molar-refractivity contribution in [3.63, 3.8) is 0 Å². The van der Waals surface area contributed by atoms with Crippen molar-refractivity contribution >= 4 is 6.08 Å². The van der Waals surface area contributed by atoms with E-state index < -0.39 is 31.0 Å². The highest BCUT2D eigenvalue weighted by Crippen LogP contribution is 2.03. The first-order valence-electron chi connectivity index (χ1n) is 6.18. The minimum atomic E-state index is -1.59. The normalized spacial score (nSPS) is 16.3. The first-order valence-corrected chi connectivity index (χ1v) is 6.18. The zero-order valence-electron chi connectivity index (χ0n) is 11.2. The largest absolute Gasteiger partial charge is 0.394 e. The zero-order chi connectivity index (χ0) is 15.5. The van der Waals surface area contributed by atoms with Crippen LogP contribution < -0.4 is 5.73 Å². The Morgan fingerprint density at radius 2 is 1.50 bits per heavy atom. The van der Waals surface area contributed by atoms with Crippen molar-refractivity contribution in [2.45, 2.75) is 24.4 Å². The Bertz CT molecular complexity index is 346. The Hall–Kier alpha value is -1.28. The molecule has 6 nitrogen and oxygen atoms in total. The van der Waals surface area contributed by atoms with Crippen LogP contribution in [0.5, 0.6) is 0 Å². The van der Waals surface area contributed by atoms with Gasteiger partial charge in [0.25, 0.3) is 0 Å². The molecule has 0 aliphatic rings. The molecule has 0 saturated heterocycles. The molecule has 4 atom stereocenters. The van der Waals surface area contributed by atoms with Gasteiger partial charge in [-0.05, 0) is 5.56 Å². The summed E-state index contributed by atoms with van der Waals surface area (Å²) in [4.78, 5) is 0. The monoisotopic (exact) mass is 285 g/mol. The Labute approximate surface area is 118 Å². The summed E-state index contributed by atoms with van der Waals surface area (Å²) in [6.45, 7) is 2.72. The van der Waals surface area contributed by atoms with E-state index in [0.29, 0.717) is 0 Å². The van der Waals surface area contributed by atoms with E-state index >= 15 is 0 Å². The summed E-state index contributed by atoms with van der Waals surface area (Å²) in [6, 6.07) is 10.0. The molecule has 6 heteroatoms. The second kappa shape index (κ2) is 10.5. The predicted molar refractivity (Wildman–Crippen MR) is 76.7 cm³/mol. The van der Waals surface area contributed by atoms with Crippen LogP contribution in [0, 0.1) is 0 Å². The van der Waals surface area contributed by atoms with Gasteiger partial charge in [0, 0.05) is 6.54 Å². The van der Waals surface area contributed by atoms with Gasteiger partial charge in [0.1, 0.15) is 18.3 Å². The molecular weight excluding hydrogens is 262 g/mol. The van der Waals surface area contributed by atoms with Crippen molar-refractivity contribution in [1.29, 1.82) is 0 Å². The molecule has 0 spiro atoms. The quantitative estimate of drug-likeness (QED) is 0.386. The van der Waals surface area contributed by atoms with E-state index in [1.807, 2.05) is 36.4 Å². The lowest BCUT2D eigenvalue weighted by atomic mass is 10.0. The Kier molecular flexibility index (Phi) is 9.83. The first-order chi connectivity index (χ1) is 9.47. The molecule has 1 aromatic carbocycles. The minimum absolute atomic E-state index is 0.226. The topological polar surface area (TPSA) is 127 Å². The van der Waals surface area contributed by atoms with Crippen LogP contribution >= 0.6 is 0 Å². The van der Waals surface area contributed by atoms with E-state index in [1.165, 1.54) is 5.56 Å². The van der Waals surface area contributed by atoms with E-state index in [1.54, 1.807) is 0 Å². The van der Waals surface area contributed by atoms with Gasteiger partial charge >= 0.3 is 0 Å². The zero-order valence-corrected chi connectivity index (χ0v) is 11.2. The molecule has 0 heterocycles. The van der Waals surface area contributed by atoms with Gasteiger partial charge in [-0.2, -0.15) is 0 Å². The van der Waals surface area contributed by atoms with Crippen molar-refractivity contribution in [2.75, 3.05) is 13.2 Å². The maximum absolute atomic E-state index is 9.04. The molecule has 0 saturated carbocycles. The average molecular weight is 285 g/mol. The number of rotatable bonds is 6. The maximum atomic E-state index is 9.04. The molecule has 0 aliphatic carbocycles. The third-order valence-electron chi connectivity index (χ3n) is 2.60. The van der Waals surface area contributed by atoms with E-state index in [0.717, 1.165) is 0 Å². The number of aliphatic hydroxyl groups is 5. The van der Waals surface area contributed by atoms with Gasteiger partial charge < -0.3 is 31.3 Å². The van der Waals surface area contributed by atoms with Gasteiger partial charge in [-0.1, -0.05) is 43.0 Å². The molecule has 7 N–H and O–H groups in total. The number of benzene rings is 1. The van der Waals surface area contributed by atoms with E-state index in [9.17, 15) is 0 Å². The summed E-state index contributed by atoms with van der Waals surface area (Å²) in [5.41, 5.74) is 6.16. The lowest BCUT2D eigenvalue weighted by Crippen LogP contribution is -2.48. The van der Waals surface area contributed by atoms with Crippen molar-refractivity contribution in [3.8, 4) is 0 Å². The second-order valence-corrected chi connectivity index (χ2v) is 4.15. The number of nitrogens with two attached hydrogens (primary N) is 1. The SMILES string of the molecule is C=Cc1ccccc1.NC[C@H](O)[C@@H](O)[C@H](O)[C@H](O)CO. The van der Waals surface area contributed by atoms with Crippen molar-refractivity contribution in [3.05, 3.63) is 42.5 Å². The lowest BCUT2D eigenvalue weighted by molar-refractivity contribution is -0.112. The molecule has 20 heavy (non-hydrogen) atoms. The minimum Gasteiger partial charge on any atom is -0.394 e. The van der Waals surface area contributed by atoms with Gasteiger partial charge in [-0.3, -0.25) is 0 Å². The molecule has 0 bridgehead atoms. The first kappa shape index (κ1) is 18.7. The van der Waals surface area contributed by atoms with Crippen molar-refractivity contribution in [2.24, 2.45) is 5.73 Å². The number of hydrogen-bond acceptors (Lipinski definition) is 6. The highest BCUT2D eigenvalue weighted by Gasteiger charge is 2.28. The van der Waals surface area contributed by atoms with Crippen molar-refractivity contribution < 1.29 is 25.5 Å². The maximum Gasteiger partial charge on any atom is 0.111 e. The summed E-state index contributed by atoms with van der Waals surface area (Å²) in [5, 5.41) is 44.2. The van der Waals surface area contributed by atoms with Crippen LogP contribution in [0.2, 0.25) is 0 Å². The highest BCUT2D eigenvalue weighted by atomic mass is 16.4. The van der Waals surface area contributed by atoms with Crippen LogP contribution in [0.4, 0.5) is 0 Å². The summed E-state index contributed by atoms with van der Waals surface area (Å²) >= 11 is 0. The van der Waals surface area contributed by atoms with Gasteiger partial charge in [0.2, 0.25) is 0 Å². The highest BCUT2D eigenvalue weighted by molar-refractivity contribution is 5.45. The lowest BCUT2D eigenvalue weighted by Gasteiger charge is -2.24. The van der Waals surface area contributed by atoms with E-state index in [-0.39, 0.29) is 6.54 Å². The van der Waals surface area contributed by atoms with Crippen molar-refractivity contribution in [1.82, 2.24) is 0 Å². The van der Waals surface area contributed by atoms with Crippen LogP contribution in [0.1, 0.15) is 5.56 Å². The average Bonchev–Trinajstić information content (AvgIpc) is 2.53. The molecule has 0 amide bonds.